The minimum atomic E-state index is -0.117. The van der Waals surface area contributed by atoms with E-state index in [2.05, 4.69) is 16.7 Å². The molecular weight excluding hydrogens is 412 g/mol. The molecule has 1 heterocycles. The number of aromatic nitrogens is 2. The Balaban J connectivity index is 1.49. The monoisotopic (exact) mass is 440 g/mol. The SMILES string of the molecule is Cc1cc(C)cc(NC(=O)Cn2c(CCNC(=O)c3ccccc3C)nc3ccccc32)c1. The Morgan fingerprint density at radius 1 is 0.909 bits per heavy atom. The highest BCUT2D eigenvalue weighted by molar-refractivity contribution is 5.95. The standard InChI is InChI=1S/C27H28N4O2/c1-18-14-19(2)16-21(15-18)29-26(32)17-31-24-11-7-6-10-23(24)30-25(31)12-13-28-27(33)22-9-5-4-8-20(22)3/h4-11,14-16H,12-13,17H2,1-3H3,(H,28,33)(H,29,32). The molecule has 0 atom stereocenters. The van der Waals surface area contributed by atoms with Gasteiger partial charge < -0.3 is 15.2 Å². The smallest absolute Gasteiger partial charge is 0.251 e. The van der Waals surface area contributed by atoms with Crippen LogP contribution in [0.1, 0.15) is 32.9 Å². The van der Waals surface area contributed by atoms with E-state index in [9.17, 15) is 9.59 Å². The number of hydrogen-bond acceptors (Lipinski definition) is 3. The third-order valence-electron chi connectivity index (χ3n) is 5.56. The van der Waals surface area contributed by atoms with Crippen LogP contribution in [-0.4, -0.2) is 27.9 Å². The molecule has 6 nitrogen and oxygen atoms in total. The lowest BCUT2D eigenvalue weighted by Crippen LogP contribution is -2.27. The number of carbonyl (C=O) groups is 2. The van der Waals surface area contributed by atoms with Gasteiger partial charge in [-0.3, -0.25) is 9.59 Å². The molecule has 0 unspecified atom stereocenters. The summed E-state index contributed by atoms with van der Waals surface area (Å²) in [6, 6.07) is 21.3. The number of imidazole rings is 1. The second kappa shape index (κ2) is 9.69. The van der Waals surface area contributed by atoms with E-state index < -0.39 is 0 Å². The molecule has 168 valence electrons. The number of nitrogens with one attached hydrogen (secondary N) is 2. The number of fused-ring (bicyclic) bond motifs is 1. The average Bonchev–Trinajstić information content (AvgIpc) is 3.10. The lowest BCUT2D eigenvalue weighted by Gasteiger charge is -2.12. The molecule has 33 heavy (non-hydrogen) atoms. The zero-order valence-electron chi connectivity index (χ0n) is 19.2. The largest absolute Gasteiger partial charge is 0.352 e. The Morgan fingerprint density at radius 2 is 1.61 bits per heavy atom. The highest BCUT2D eigenvalue weighted by atomic mass is 16.2. The molecular formula is C27H28N4O2. The first-order valence-electron chi connectivity index (χ1n) is 11.1. The molecule has 4 rings (SSSR count). The summed E-state index contributed by atoms with van der Waals surface area (Å²) in [5.41, 5.74) is 6.32. The molecule has 4 aromatic rings. The number of benzene rings is 3. The fourth-order valence-corrected chi connectivity index (χ4v) is 4.09. The van der Waals surface area contributed by atoms with E-state index in [1.54, 1.807) is 0 Å². The van der Waals surface area contributed by atoms with E-state index in [1.165, 1.54) is 0 Å². The summed E-state index contributed by atoms with van der Waals surface area (Å²) in [6.45, 7) is 6.51. The average molecular weight is 441 g/mol. The van der Waals surface area contributed by atoms with Crippen molar-refractivity contribution in [1.29, 1.82) is 0 Å². The van der Waals surface area contributed by atoms with Crippen molar-refractivity contribution in [3.63, 3.8) is 0 Å². The number of amides is 2. The highest BCUT2D eigenvalue weighted by Gasteiger charge is 2.15. The van der Waals surface area contributed by atoms with Gasteiger partial charge in [0.15, 0.2) is 0 Å². The number of anilines is 1. The minimum absolute atomic E-state index is 0.108. The summed E-state index contributed by atoms with van der Waals surface area (Å²) in [7, 11) is 0. The molecule has 0 aliphatic carbocycles. The summed E-state index contributed by atoms with van der Waals surface area (Å²) in [5.74, 6) is 0.536. The van der Waals surface area contributed by atoms with E-state index in [4.69, 9.17) is 4.98 Å². The molecule has 2 N–H and O–H groups in total. The Labute approximate surface area is 193 Å². The van der Waals surface area contributed by atoms with E-state index in [0.29, 0.717) is 18.5 Å². The maximum Gasteiger partial charge on any atom is 0.251 e. The Bertz CT molecular complexity index is 1300. The van der Waals surface area contributed by atoms with Gasteiger partial charge in [-0.1, -0.05) is 36.4 Å². The van der Waals surface area contributed by atoms with Crippen molar-refractivity contribution in [3.05, 3.63) is 94.8 Å². The summed E-state index contributed by atoms with van der Waals surface area (Å²) < 4.78 is 1.92. The van der Waals surface area contributed by atoms with Crippen LogP contribution in [0.15, 0.2) is 66.7 Å². The van der Waals surface area contributed by atoms with E-state index in [-0.39, 0.29) is 18.4 Å². The van der Waals surface area contributed by atoms with Crippen LogP contribution in [0, 0.1) is 20.8 Å². The number of para-hydroxylation sites is 2. The molecule has 3 aromatic carbocycles. The molecule has 0 aliphatic rings. The third kappa shape index (κ3) is 5.29. The molecule has 0 saturated heterocycles. The van der Waals surface area contributed by atoms with Crippen molar-refractivity contribution in [2.45, 2.75) is 33.7 Å². The molecule has 0 fully saturated rings. The van der Waals surface area contributed by atoms with Crippen LogP contribution in [0.2, 0.25) is 0 Å². The fourth-order valence-electron chi connectivity index (χ4n) is 4.09. The second-order valence-electron chi connectivity index (χ2n) is 8.35. The molecule has 0 aliphatic heterocycles. The van der Waals surface area contributed by atoms with Gasteiger partial charge in [-0.15, -0.1) is 0 Å². The summed E-state index contributed by atoms with van der Waals surface area (Å²) >= 11 is 0. The van der Waals surface area contributed by atoms with Crippen LogP contribution in [-0.2, 0) is 17.8 Å². The van der Waals surface area contributed by atoms with Crippen LogP contribution in [0.25, 0.3) is 11.0 Å². The topological polar surface area (TPSA) is 76.0 Å². The first-order chi connectivity index (χ1) is 15.9. The van der Waals surface area contributed by atoms with Crippen LogP contribution in [0.5, 0.6) is 0 Å². The van der Waals surface area contributed by atoms with Gasteiger partial charge in [0, 0.05) is 24.2 Å². The van der Waals surface area contributed by atoms with Gasteiger partial charge in [0.05, 0.1) is 11.0 Å². The highest BCUT2D eigenvalue weighted by Crippen LogP contribution is 2.18. The summed E-state index contributed by atoms with van der Waals surface area (Å²) in [5, 5.41) is 5.97. The van der Waals surface area contributed by atoms with Crippen molar-refractivity contribution in [2.24, 2.45) is 0 Å². The number of rotatable bonds is 7. The van der Waals surface area contributed by atoms with E-state index >= 15 is 0 Å². The minimum Gasteiger partial charge on any atom is -0.352 e. The van der Waals surface area contributed by atoms with Crippen LogP contribution >= 0.6 is 0 Å². The molecule has 2 amide bonds. The van der Waals surface area contributed by atoms with Gasteiger partial charge >= 0.3 is 0 Å². The van der Waals surface area contributed by atoms with Crippen LogP contribution < -0.4 is 10.6 Å². The van der Waals surface area contributed by atoms with Crippen molar-refractivity contribution in [2.75, 3.05) is 11.9 Å². The zero-order valence-corrected chi connectivity index (χ0v) is 19.2. The molecule has 0 saturated carbocycles. The van der Waals surface area contributed by atoms with Crippen LogP contribution in [0.3, 0.4) is 0 Å². The molecule has 0 bridgehead atoms. The molecule has 6 heteroatoms. The molecule has 0 spiro atoms. The normalized spacial score (nSPS) is 10.9. The van der Waals surface area contributed by atoms with Crippen molar-refractivity contribution < 1.29 is 9.59 Å². The Morgan fingerprint density at radius 3 is 2.36 bits per heavy atom. The number of nitrogens with zero attached hydrogens (tertiary/aromatic N) is 2. The van der Waals surface area contributed by atoms with Crippen LogP contribution in [0.4, 0.5) is 5.69 Å². The molecule has 1 aromatic heterocycles. The first-order valence-corrected chi connectivity index (χ1v) is 11.1. The van der Waals surface area contributed by atoms with Crippen molar-refractivity contribution in [1.82, 2.24) is 14.9 Å². The summed E-state index contributed by atoms with van der Waals surface area (Å²) in [4.78, 5) is 30.1. The van der Waals surface area contributed by atoms with E-state index in [1.807, 2.05) is 86.0 Å². The Hall–Kier alpha value is -3.93. The lowest BCUT2D eigenvalue weighted by atomic mass is 10.1. The molecule has 0 radical (unpaired) electrons. The van der Waals surface area contributed by atoms with Gasteiger partial charge in [0.2, 0.25) is 5.91 Å². The predicted molar refractivity (Wildman–Crippen MR) is 131 cm³/mol. The number of hydrogen-bond donors (Lipinski definition) is 2. The van der Waals surface area contributed by atoms with Crippen molar-refractivity contribution in [3.8, 4) is 0 Å². The number of aryl methyl sites for hydroxylation is 3. The van der Waals surface area contributed by atoms with E-state index in [0.717, 1.165) is 39.2 Å². The van der Waals surface area contributed by atoms with Gasteiger partial charge in [-0.05, 0) is 67.8 Å². The zero-order chi connectivity index (χ0) is 23.4. The quantitative estimate of drug-likeness (QED) is 0.442. The van der Waals surface area contributed by atoms with Crippen molar-refractivity contribution >= 4 is 28.5 Å². The number of carbonyl (C=O) groups excluding carboxylic acids is 2. The van der Waals surface area contributed by atoms with Gasteiger partial charge in [-0.25, -0.2) is 4.98 Å². The maximum atomic E-state index is 12.9. The van der Waals surface area contributed by atoms with Gasteiger partial charge in [0.25, 0.3) is 5.91 Å². The Kier molecular flexibility index (Phi) is 6.54. The first kappa shape index (κ1) is 22.3. The third-order valence-corrected chi connectivity index (χ3v) is 5.56. The fraction of sp³-hybridized carbons (Fsp3) is 0.222. The lowest BCUT2D eigenvalue weighted by molar-refractivity contribution is -0.116. The maximum absolute atomic E-state index is 12.9. The van der Waals surface area contributed by atoms with Gasteiger partial charge in [-0.2, -0.15) is 0 Å². The summed E-state index contributed by atoms with van der Waals surface area (Å²) in [6.07, 6.45) is 0.517. The second-order valence-corrected chi connectivity index (χ2v) is 8.35. The van der Waals surface area contributed by atoms with Gasteiger partial charge in [0.1, 0.15) is 12.4 Å². The predicted octanol–water partition coefficient (Wildman–Crippen LogP) is 4.57.